The van der Waals surface area contributed by atoms with Gasteiger partial charge in [-0.1, -0.05) is 11.6 Å². The van der Waals surface area contributed by atoms with Crippen LogP contribution in [0.4, 0.5) is 5.69 Å². The van der Waals surface area contributed by atoms with Gasteiger partial charge in [-0.25, -0.2) is 0 Å². The summed E-state index contributed by atoms with van der Waals surface area (Å²) in [5.41, 5.74) is 2.60. The van der Waals surface area contributed by atoms with Gasteiger partial charge in [0.25, 0.3) is 0 Å². The highest BCUT2D eigenvalue weighted by molar-refractivity contribution is 6.30. The first-order valence-corrected chi connectivity index (χ1v) is 5.88. The number of nitrogens with zero attached hydrogens (tertiary/aromatic N) is 3. The van der Waals surface area contributed by atoms with E-state index in [0.717, 1.165) is 17.8 Å². The Bertz CT molecular complexity index is 575. The number of aromatic nitrogens is 1. The number of rotatable bonds is 3. The van der Waals surface area contributed by atoms with Gasteiger partial charge < -0.3 is 4.90 Å². The summed E-state index contributed by atoms with van der Waals surface area (Å²) < 4.78 is 0. The molecular formula is C14H12ClN3. The number of nitriles is 1. The van der Waals surface area contributed by atoms with Crippen LogP contribution in [-0.4, -0.2) is 12.0 Å². The second-order valence-corrected chi connectivity index (χ2v) is 4.42. The van der Waals surface area contributed by atoms with Crippen LogP contribution in [0.5, 0.6) is 0 Å². The lowest BCUT2D eigenvalue weighted by molar-refractivity contribution is 0.917. The van der Waals surface area contributed by atoms with Crippen molar-refractivity contribution in [3.8, 4) is 6.07 Å². The number of hydrogen-bond acceptors (Lipinski definition) is 3. The van der Waals surface area contributed by atoms with E-state index in [2.05, 4.69) is 11.1 Å². The summed E-state index contributed by atoms with van der Waals surface area (Å²) in [5, 5.41) is 9.69. The maximum atomic E-state index is 9.11. The maximum absolute atomic E-state index is 9.11. The average molecular weight is 258 g/mol. The highest BCUT2D eigenvalue weighted by Gasteiger charge is 2.08. The van der Waals surface area contributed by atoms with Crippen LogP contribution in [-0.2, 0) is 6.54 Å². The maximum Gasteiger partial charge on any atom is 0.101 e. The number of benzene rings is 1. The molecule has 0 aliphatic heterocycles. The third-order valence-corrected chi connectivity index (χ3v) is 2.89. The van der Waals surface area contributed by atoms with Crippen molar-refractivity contribution in [2.24, 2.45) is 0 Å². The van der Waals surface area contributed by atoms with Crippen molar-refractivity contribution in [2.75, 3.05) is 11.9 Å². The van der Waals surface area contributed by atoms with E-state index in [9.17, 15) is 0 Å². The summed E-state index contributed by atoms with van der Waals surface area (Å²) in [6, 6.07) is 11.4. The van der Waals surface area contributed by atoms with Gasteiger partial charge >= 0.3 is 0 Å². The Hall–Kier alpha value is -2.05. The number of pyridine rings is 1. The van der Waals surface area contributed by atoms with Crippen molar-refractivity contribution in [2.45, 2.75) is 6.54 Å². The Balaban J connectivity index is 2.24. The van der Waals surface area contributed by atoms with Crippen LogP contribution in [0, 0.1) is 11.3 Å². The van der Waals surface area contributed by atoms with E-state index in [-0.39, 0.29) is 0 Å². The molecule has 18 heavy (non-hydrogen) atoms. The van der Waals surface area contributed by atoms with E-state index >= 15 is 0 Å². The normalized spacial score (nSPS) is 9.83. The summed E-state index contributed by atoms with van der Waals surface area (Å²) in [6.07, 6.45) is 3.52. The molecule has 0 fully saturated rings. The third-order valence-electron chi connectivity index (χ3n) is 2.66. The van der Waals surface area contributed by atoms with E-state index in [1.807, 2.05) is 30.1 Å². The minimum absolute atomic E-state index is 0.576. The number of hydrogen-bond donors (Lipinski definition) is 0. The second kappa shape index (κ2) is 5.52. The molecule has 90 valence electrons. The Morgan fingerprint density at radius 2 is 2.00 bits per heavy atom. The van der Waals surface area contributed by atoms with Crippen LogP contribution in [0.1, 0.15) is 11.1 Å². The average Bonchev–Trinajstić information content (AvgIpc) is 2.39. The topological polar surface area (TPSA) is 39.9 Å². The Labute approximate surface area is 111 Å². The minimum Gasteiger partial charge on any atom is -0.369 e. The molecule has 0 saturated heterocycles. The van der Waals surface area contributed by atoms with Crippen molar-refractivity contribution in [1.29, 1.82) is 5.26 Å². The Morgan fingerprint density at radius 3 is 2.67 bits per heavy atom. The fourth-order valence-electron chi connectivity index (χ4n) is 1.78. The van der Waals surface area contributed by atoms with Gasteiger partial charge in [-0.05, 0) is 35.9 Å². The lowest BCUT2D eigenvalue weighted by atomic mass is 10.1. The van der Waals surface area contributed by atoms with Crippen LogP contribution in [0.15, 0.2) is 42.7 Å². The summed E-state index contributed by atoms with van der Waals surface area (Å²) >= 11 is 5.88. The Morgan fingerprint density at radius 1 is 1.28 bits per heavy atom. The zero-order valence-electron chi connectivity index (χ0n) is 9.97. The lowest BCUT2D eigenvalue weighted by Gasteiger charge is -2.20. The molecule has 3 nitrogen and oxygen atoms in total. The summed E-state index contributed by atoms with van der Waals surface area (Å²) in [6.45, 7) is 0.721. The monoisotopic (exact) mass is 257 g/mol. The largest absolute Gasteiger partial charge is 0.369 e. The van der Waals surface area contributed by atoms with Gasteiger partial charge in [0.05, 0.1) is 11.3 Å². The molecular weight excluding hydrogens is 246 g/mol. The fourth-order valence-corrected chi connectivity index (χ4v) is 1.95. The molecule has 0 saturated carbocycles. The number of anilines is 1. The van der Waals surface area contributed by atoms with Crippen molar-refractivity contribution >= 4 is 17.3 Å². The second-order valence-electron chi connectivity index (χ2n) is 3.98. The molecule has 0 amide bonds. The quantitative estimate of drug-likeness (QED) is 0.847. The summed E-state index contributed by atoms with van der Waals surface area (Å²) in [5.74, 6) is 0. The van der Waals surface area contributed by atoms with E-state index in [1.165, 1.54) is 0 Å². The smallest absolute Gasteiger partial charge is 0.101 e. The molecule has 4 heteroatoms. The van der Waals surface area contributed by atoms with Crippen molar-refractivity contribution in [3.05, 3.63) is 58.9 Å². The molecule has 0 N–H and O–H groups in total. The van der Waals surface area contributed by atoms with Gasteiger partial charge in [0.1, 0.15) is 6.07 Å². The molecule has 0 atom stereocenters. The molecule has 0 bridgehead atoms. The highest BCUT2D eigenvalue weighted by Crippen LogP contribution is 2.23. The van der Waals surface area contributed by atoms with Gasteiger partial charge in [0.2, 0.25) is 0 Å². The van der Waals surface area contributed by atoms with Gasteiger partial charge in [0.15, 0.2) is 0 Å². The lowest BCUT2D eigenvalue weighted by Crippen LogP contribution is -2.17. The zero-order chi connectivity index (χ0) is 13.0. The minimum atomic E-state index is 0.576. The Kier molecular flexibility index (Phi) is 3.81. The molecule has 1 aromatic carbocycles. The van der Waals surface area contributed by atoms with Crippen LogP contribution in [0.25, 0.3) is 0 Å². The van der Waals surface area contributed by atoms with Gasteiger partial charge in [-0.2, -0.15) is 5.26 Å². The number of halogens is 1. The van der Waals surface area contributed by atoms with Crippen LogP contribution in [0.3, 0.4) is 0 Å². The molecule has 2 rings (SSSR count). The fraction of sp³-hybridized carbons (Fsp3) is 0.143. The van der Waals surface area contributed by atoms with Crippen LogP contribution >= 0.6 is 11.6 Å². The predicted octanol–water partition coefficient (Wildman–Crippen LogP) is 3.24. The van der Waals surface area contributed by atoms with E-state index in [0.29, 0.717) is 10.6 Å². The standard InChI is InChI=1S/C14H12ClN3/c1-18(10-11-4-6-17-7-5-11)14-3-2-13(15)8-12(14)9-16/h2-8H,10H2,1H3. The highest BCUT2D eigenvalue weighted by atomic mass is 35.5. The predicted molar refractivity (Wildman–Crippen MR) is 72.5 cm³/mol. The molecule has 0 aliphatic carbocycles. The summed E-state index contributed by atoms with van der Waals surface area (Å²) in [4.78, 5) is 6.00. The van der Waals surface area contributed by atoms with Gasteiger partial charge in [-0.15, -0.1) is 0 Å². The molecule has 0 spiro atoms. The molecule has 0 radical (unpaired) electrons. The van der Waals surface area contributed by atoms with Crippen LogP contribution in [0.2, 0.25) is 5.02 Å². The first-order valence-electron chi connectivity index (χ1n) is 5.50. The first kappa shape index (κ1) is 12.4. The van der Waals surface area contributed by atoms with Gasteiger partial charge in [-0.3, -0.25) is 4.98 Å². The first-order chi connectivity index (χ1) is 8.70. The van der Waals surface area contributed by atoms with Crippen molar-refractivity contribution < 1.29 is 0 Å². The molecule has 2 aromatic rings. The van der Waals surface area contributed by atoms with E-state index in [1.54, 1.807) is 24.5 Å². The van der Waals surface area contributed by atoms with E-state index < -0.39 is 0 Å². The van der Waals surface area contributed by atoms with E-state index in [4.69, 9.17) is 16.9 Å². The van der Waals surface area contributed by atoms with Crippen LogP contribution < -0.4 is 4.90 Å². The molecule has 1 aromatic heterocycles. The van der Waals surface area contributed by atoms with Crippen molar-refractivity contribution in [3.63, 3.8) is 0 Å². The SMILES string of the molecule is CN(Cc1ccncc1)c1ccc(Cl)cc1C#N. The van der Waals surface area contributed by atoms with Gasteiger partial charge in [0, 0.05) is 31.0 Å². The van der Waals surface area contributed by atoms with Crippen molar-refractivity contribution in [1.82, 2.24) is 4.98 Å². The summed E-state index contributed by atoms with van der Waals surface area (Å²) in [7, 11) is 1.95. The zero-order valence-corrected chi connectivity index (χ0v) is 10.7. The molecule has 1 heterocycles. The third kappa shape index (κ3) is 2.79. The molecule has 0 unspecified atom stereocenters. The molecule has 0 aliphatic rings.